The number of aromatic nitrogens is 4. The zero-order chi connectivity index (χ0) is 38.2. The van der Waals surface area contributed by atoms with Crippen LogP contribution >= 0.6 is 0 Å². The lowest BCUT2D eigenvalue weighted by molar-refractivity contribution is -0.137. The van der Waals surface area contributed by atoms with E-state index in [2.05, 4.69) is 110 Å². The number of hydrogen-bond acceptors (Lipinski definition) is 6. The molecule has 2 amide bonds. The Hall–Kier alpha value is -4.28. The van der Waals surface area contributed by atoms with Crippen molar-refractivity contribution in [2.75, 3.05) is 39.3 Å². The van der Waals surface area contributed by atoms with Gasteiger partial charge in [0.1, 0.15) is 11.6 Å². The third-order valence-corrected chi connectivity index (χ3v) is 11.4. The Bertz CT molecular complexity index is 1650. The molecule has 2 aromatic carbocycles. The number of hydrogen-bond donors (Lipinski definition) is 2. The first kappa shape index (κ1) is 39.4. The first-order valence-electron chi connectivity index (χ1n) is 20.7. The molecule has 0 spiro atoms. The fourth-order valence-electron chi connectivity index (χ4n) is 8.64. The van der Waals surface area contributed by atoms with Crippen LogP contribution in [0.2, 0.25) is 0 Å². The van der Waals surface area contributed by atoms with Crippen LogP contribution in [0, 0.1) is 0 Å². The van der Waals surface area contributed by atoms with Gasteiger partial charge in [-0.05, 0) is 101 Å². The third-order valence-electron chi connectivity index (χ3n) is 11.4. The van der Waals surface area contributed by atoms with Gasteiger partial charge in [0.2, 0.25) is 11.8 Å². The number of imidazole rings is 2. The minimum Gasteiger partial charge on any atom is -0.341 e. The molecule has 10 heteroatoms. The van der Waals surface area contributed by atoms with Crippen molar-refractivity contribution in [1.82, 2.24) is 39.5 Å². The molecule has 2 aliphatic rings. The Morgan fingerprint density at radius 2 is 0.944 bits per heavy atom. The van der Waals surface area contributed by atoms with Gasteiger partial charge in [0.05, 0.1) is 47.9 Å². The Morgan fingerprint density at radius 3 is 1.28 bits per heavy atom. The number of nitrogens with zero attached hydrogens (tertiary/aromatic N) is 6. The van der Waals surface area contributed by atoms with Crippen molar-refractivity contribution >= 4 is 11.8 Å². The van der Waals surface area contributed by atoms with Crippen molar-refractivity contribution in [3.63, 3.8) is 0 Å². The van der Waals surface area contributed by atoms with Crippen LogP contribution in [0.4, 0.5) is 0 Å². The summed E-state index contributed by atoms with van der Waals surface area (Å²) in [5, 5.41) is 0. The molecule has 4 aromatic rings. The third kappa shape index (κ3) is 8.65. The molecule has 6 rings (SSSR count). The highest BCUT2D eigenvalue weighted by Crippen LogP contribution is 2.36. The second-order valence-corrected chi connectivity index (χ2v) is 15.3. The van der Waals surface area contributed by atoms with E-state index in [0.717, 1.165) is 136 Å². The van der Waals surface area contributed by atoms with E-state index in [-0.39, 0.29) is 36.0 Å². The molecule has 0 aliphatic carbocycles. The summed E-state index contributed by atoms with van der Waals surface area (Å²) in [6, 6.07) is 17.1. The van der Waals surface area contributed by atoms with Crippen molar-refractivity contribution in [1.29, 1.82) is 0 Å². The van der Waals surface area contributed by atoms with E-state index in [1.54, 1.807) is 0 Å². The summed E-state index contributed by atoms with van der Waals surface area (Å²) in [5.74, 6) is 2.34. The van der Waals surface area contributed by atoms with Crippen LogP contribution in [0.3, 0.4) is 0 Å². The lowest BCUT2D eigenvalue weighted by Crippen LogP contribution is -2.47. The number of amides is 2. The summed E-state index contributed by atoms with van der Waals surface area (Å²) in [6.07, 6.45) is 11.9. The molecule has 2 aliphatic heterocycles. The fraction of sp³-hybridized carbons (Fsp3) is 0.545. The topological polar surface area (TPSA) is 104 Å². The summed E-state index contributed by atoms with van der Waals surface area (Å²) in [7, 11) is 0. The van der Waals surface area contributed by atoms with E-state index >= 15 is 0 Å². The summed E-state index contributed by atoms with van der Waals surface area (Å²) in [6.45, 7) is 17.7. The molecular formula is C44H62N8O2. The zero-order valence-corrected chi connectivity index (χ0v) is 33.5. The van der Waals surface area contributed by atoms with Gasteiger partial charge < -0.3 is 19.8 Å². The van der Waals surface area contributed by atoms with Gasteiger partial charge in [-0.2, -0.15) is 0 Å². The van der Waals surface area contributed by atoms with E-state index in [1.165, 1.54) is 0 Å². The summed E-state index contributed by atoms with van der Waals surface area (Å²) in [5.41, 5.74) is 6.45. The van der Waals surface area contributed by atoms with Crippen molar-refractivity contribution in [3.05, 3.63) is 72.6 Å². The molecule has 290 valence electrons. The number of H-pyrrole nitrogens is 2. The van der Waals surface area contributed by atoms with Crippen LogP contribution in [0.5, 0.6) is 0 Å². The minimum atomic E-state index is -0.166. The Morgan fingerprint density at radius 1 is 0.611 bits per heavy atom. The average Bonchev–Trinajstić information content (AvgIpc) is 4.04. The van der Waals surface area contributed by atoms with Crippen molar-refractivity contribution in [3.8, 4) is 33.6 Å². The van der Waals surface area contributed by atoms with Crippen molar-refractivity contribution in [2.24, 2.45) is 0 Å². The van der Waals surface area contributed by atoms with Crippen LogP contribution in [-0.2, 0) is 9.59 Å². The van der Waals surface area contributed by atoms with Gasteiger partial charge in [-0.3, -0.25) is 19.4 Å². The van der Waals surface area contributed by atoms with Gasteiger partial charge in [0.15, 0.2) is 0 Å². The maximum atomic E-state index is 13.4. The van der Waals surface area contributed by atoms with Crippen LogP contribution in [0.15, 0.2) is 60.9 Å². The van der Waals surface area contributed by atoms with Crippen LogP contribution < -0.4 is 0 Å². The number of aromatic amines is 2. The normalized spacial score (nSPS) is 18.9. The number of carbonyl (C=O) groups excluding carboxylic acids is 2. The summed E-state index contributed by atoms with van der Waals surface area (Å²) in [4.78, 5) is 52.5. The summed E-state index contributed by atoms with van der Waals surface area (Å²) < 4.78 is 0. The molecule has 2 saturated heterocycles. The van der Waals surface area contributed by atoms with Gasteiger partial charge >= 0.3 is 0 Å². The molecule has 2 fully saturated rings. The lowest BCUT2D eigenvalue weighted by atomic mass is 10.0. The number of carbonyl (C=O) groups is 2. The molecule has 10 nitrogen and oxygen atoms in total. The van der Waals surface area contributed by atoms with Gasteiger partial charge in [0.25, 0.3) is 0 Å². The van der Waals surface area contributed by atoms with Crippen molar-refractivity contribution < 1.29 is 9.59 Å². The summed E-state index contributed by atoms with van der Waals surface area (Å²) >= 11 is 0. The van der Waals surface area contributed by atoms with E-state index in [4.69, 9.17) is 9.97 Å². The van der Waals surface area contributed by atoms with Gasteiger partial charge in [0, 0.05) is 26.2 Å². The lowest BCUT2D eigenvalue weighted by Gasteiger charge is -2.33. The molecule has 2 unspecified atom stereocenters. The minimum absolute atomic E-state index is 0.114. The zero-order valence-electron chi connectivity index (χ0n) is 33.5. The molecular weight excluding hydrogens is 673 g/mol. The van der Waals surface area contributed by atoms with Crippen LogP contribution in [0.1, 0.15) is 117 Å². The number of rotatable bonds is 17. The van der Waals surface area contributed by atoms with Gasteiger partial charge in [-0.15, -0.1) is 0 Å². The van der Waals surface area contributed by atoms with E-state index in [9.17, 15) is 9.59 Å². The monoisotopic (exact) mass is 734 g/mol. The second kappa shape index (κ2) is 18.4. The predicted molar refractivity (Wildman–Crippen MR) is 218 cm³/mol. The standard InChI is InChI=1S/C44H62N8O2/c1-7-23-49(24-8-2)43(53)31(5)51-27-11-13-39(51)41-45-29-37(47-41)35-19-15-33(16-20-35)34-17-21-36(22-18-34)38-30-46-42(48-38)40-14-12-28-52(40)32(6)44(54)50(25-9-3)26-10-4/h15-22,29-32,39-40H,7-14,23-28H2,1-6H3,(H,45,47)(H,46,48)/t31-,32-,39?,40?/m0/s1. The molecule has 0 saturated carbocycles. The highest BCUT2D eigenvalue weighted by Gasteiger charge is 2.37. The molecule has 0 bridgehead atoms. The first-order chi connectivity index (χ1) is 26.3. The Balaban J connectivity index is 1.09. The van der Waals surface area contributed by atoms with E-state index in [0.29, 0.717) is 0 Å². The largest absolute Gasteiger partial charge is 0.341 e. The molecule has 4 atom stereocenters. The molecule has 4 heterocycles. The highest BCUT2D eigenvalue weighted by atomic mass is 16.2. The van der Waals surface area contributed by atoms with Gasteiger partial charge in [-0.1, -0.05) is 76.2 Å². The maximum absolute atomic E-state index is 13.4. The quantitative estimate of drug-likeness (QED) is 0.113. The molecule has 0 radical (unpaired) electrons. The maximum Gasteiger partial charge on any atom is 0.239 e. The fourth-order valence-corrected chi connectivity index (χ4v) is 8.64. The van der Waals surface area contributed by atoms with E-state index in [1.807, 2.05) is 22.2 Å². The molecule has 54 heavy (non-hydrogen) atoms. The van der Waals surface area contributed by atoms with Crippen molar-refractivity contribution in [2.45, 2.75) is 117 Å². The molecule has 2 N–H and O–H groups in total. The van der Waals surface area contributed by atoms with Crippen LogP contribution in [0.25, 0.3) is 33.6 Å². The first-order valence-corrected chi connectivity index (χ1v) is 20.7. The van der Waals surface area contributed by atoms with Crippen LogP contribution in [-0.4, -0.2) is 103 Å². The predicted octanol–water partition coefficient (Wildman–Crippen LogP) is 8.48. The van der Waals surface area contributed by atoms with Gasteiger partial charge in [-0.25, -0.2) is 9.97 Å². The number of benzene rings is 2. The Kier molecular flexibility index (Phi) is 13.4. The number of likely N-dealkylation sites (tertiary alicyclic amines) is 2. The Labute approximate surface area is 322 Å². The number of nitrogens with one attached hydrogen (secondary N) is 2. The smallest absolute Gasteiger partial charge is 0.239 e. The second-order valence-electron chi connectivity index (χ2n) is 15.3. The molecule has 2 aromatic heterocycles. The van der Waals surface area contributed by atoms with E-state index < -0.39 is 0 Å². The SMILES string of the molecule is CCCN(CCC)C(=O)[C@H](C)N1CCCC1c1ncc(-c2ccc(-c3ccc(-c4cnc(C5CCCN5[C@@H](C)C(=O)N(CCC)CCC)[nH]4)cc3)cc2)[nH]1. The highest BCUT2D eigenvalue weighted by molar-refractivity contribution is 5.82. The average molecular weight is 735 g/mol.